The predicted octanol–water partition coefficient (Wildman–Crippen LogP) is 1.67. The molecule has 7 heteroatoms. The van der Waals surface area contributed by atoms with Gasteiger partial charge in [0.05, 0.1) is 0 Å². The number of hydrazine groups is 1. The summed E-state index contributed by atoms with van der Waals surface area (Å²) in [5.74, 6) is 0.434. The fraction of sp³-hybridized carbons (Fsp3) is 0.250. The number of amides is 2. The molecule has 1 aromatic carbocycles. The van der Waals surface area contributed by atoms with Crippen molar-refractivity contribution in [1.82, 2.24) is 10.9 Å². The van der Waals surface area contributed by atoms with Crippen molar-refractivity contribution in [3.63, 3.8) is 0 Å². The first-order valence-electron chi connectivity index (χ1n) is 7.20. The molecule has 0 radical (unpaired) electrons. The summed E-state index contributed by atoms with van der Waals surface area (Å²) in [5, 5.41) is 3.96. The molecule has 1 aliphatic heterocycles. The van der Waals surface area contributed by atoms with E-state index in [0.29, 0.717) is 24.3 Å². The highest BCUT2D eigenvalue weighted by Crippen LogP contribution is 2.30. The average molecular weight is 332 g/mol. The molecule has 1 aliphatic rings. The third-order valence-corrected chi connectivity index (χ3v) is 4.08. The normalized spacial score (nSPS) is 15.7. The average Bonchev–Trinajstić information content (AvgIpc) is 3.11. The summed E-state index contributed by atoms with van der Waals surface area (Å²) < 4.78 is 11.0. The van der Waals surface area contributed by atoms with E-state index in [2.05, 4.69) is 10.9 Å². The third-order valence-electron chi connectivity index (χ3n) is 3.35. The first-order chi connectivity index (χ1) is 11.2. The molecule has 6 nitrogen and oxygen atoms in total. The Morgan fingerprint density at radius 3 is 2.78 bits per heavy atom. The Morgan fingerprint density at radius 1 is 1.17 bits per heavy atom. The van der Waals surface area contributed by atoms with Crippen LogP contribution in [0.15, 0.2) is 41.1 Å². The lowest BCUT2D eigenvalue weighted by Gasteiger charge is -2.25. The number of carbonyl (C=O) groups is 2. The van der Waals surface area contributed by atoms with Gasteiger partial charge in [-0.2, -0.15) is 11.3 Å². The minimum Gasteiger partial charge on any atom is -0.485 e. The van der Waals surface area contributed by atoms with E-state index < -0.39 is 12.0 Å². The second kappa shape index (κ2) is 7.15. The van der Waals surface area contributed by atoms with Gasteiger partial charge in [-0.05, 0) is 40.9 Å². The minimum absolute atomic E-state index is 0.105. The Balaban J connectivity index is 1.44. The van der Waals surface area contributed by atoms with Crippen LogP contribution in [0.25, 0.3) is 0 Å². The van der Waals surface area contributed by atoms with Crippen molar-refractivity contribution in [1.29, 1.82) is 0 Å². The van der Waals surface area contributed by atoms with Crippen molar-refractivity contribution >= 4 is 23.2 Å². The van der Waals surface area contributed by atoms with E-state index >= 15 is 0 Å². The lowest BCUT2D eigenvalue weighted by atomic mass is 10.2. The molecule has 1 unspecified atom stereocenters. The van der Waals surface area contributed by atoms with Crippen molar-refractivity contribution in [2.75, 3.05) is 6.61 Å². The van der Waals surface area contributed by atoms with Gasteiger partial charge in [0.25, 0.3) is 5.91 Å². The molecule has 0 saturated heterocycles. The van der Waals surface area contributed by atoms with E-state index in [1.807, 2.05) is 22.9 Å². The number of fused-ring (bicyclic) bond motifs is 1. The van der Waals surface area contributed by atoms with Crippen molar-refractivity contribution in [3.05, 3.63) is 46.7 Å². The summed E-state index contributed by atoms with van der Waals surface area (Å²) in [6.45, 7) is 0.105. The fourth-order valence-corrected chi connectivity index (χ4v) is 2.82. The van der Waals surface area contributed by atoms with Crippen LogP contribution in [0.2, 0.25) is 0 Å². The molecular weight excluding hydrogens is 316 g/mol. The highest BCUT2D eigenvalue weighted by Gasteiger charge is 2.27. The number of hydrogen-bond donors (Lipinski definition) is 2. The number of hydrogen-bond acceptors (Lipinski definition) is 5. The molecule has 2 heterocycles. The molecular formula is C16H16N2O4S. The smallest absolute Gasteiger partial charge is 0.283 e. The van der Waals surface area contributed by atoms with Crippen LogP contribution in [0.5, 0.6) is 11.5 Å². The number of ether oxygens (including phenoxy) is 2. The van der Waals surface area contributed by atoms with Crippen LogP contribution in [-0.2, 0) is 16.0 Å². The van der Waals surface area contributed by atoms with Crippen molar-refractivity contribution < 1.29 is 19.1 Å². The van der Waals surface area contributed by atoms with E-state index in [1.165, 1.54) is 0 Å². The molecule has 2 amide bonds. The molecule has 1 atom stereocenters. The fourth-order valence-electron chi connectivity index (χ4n) is 2.12. The zero-order chi connectivity index (χ0) is 16.1. The molecule has 1 aromatic heterocycles. The molecule has 0 spiro atoms. The van der Waals surface area contributed by atoms with Gasteiger partial charge in [0.15, 0.2) is 11.5 Å². The number of carbonyl (C=O) groups excluding carboxylic acids is 2. The molecule has 0 fully saturated rings. The summed E-state index contributed by atoms with van der Waals surface area (Å²) in [6, 6.07) is 9.11. The maximum atomic E-state index is 12.0. The number of aryl methyl sites for hydroxylation is 1. The van der Waals surface area contributed by atoms with Crippen molar-refractivity contribution in [3.8, 4) is 11.5 Å². The Morgan fingerprint density at radius 2 is 2.00 bits per heavy atom. The summed E-state index contributed by atoms with van der Waals surface area (Å²) in [5.41, 5.74) is 5.88. The van der Waals surface area contributed by atoms with E-state index in [0.717, 1.165) is 5.56 Å². The van der Waals surface area contributed by atoms with Crippen molar-refractivity contribution in [2.24, 2.45) is 0 Å². The van der Waals surface area contributed by atoms with Gasteiger partial charge in [-0.3, -0.25) is 20.4 Å². The monoisotopic (exact) mass is 332 g/mol. The predicted molar refractivity (Wildman–Crippen MR) is 85.3 cm³/mol. The molecule has 2 aromatic rings. The molecule has 23 heavy (non-hydrogen) atoms. The molecule has 0 aliphatic carbocycles. The van der Waals surface area contributed by atoms with Gasteiger partial charge in [0.1, 0.15) is 6.61 Å². The van der Waals surface area contributed by atoms with Crippen LogP contribution < -0.4 is 20.3 Å². The number of rotatable bonds is 4. The second-order valence-electron chi connectivity index (χ2n) is 5.03. The van der Waals surface area contributed by atoms with Crippen LogP contribution in [0.3, 0.4) is 0 Å². The molecule has 120 valence electrons. The van der Waals surface area contributed by atoms with Gasteiger partial charge in [-0.15, -0.1) is 0 Å². The quantitative estimate of drug-likeness (QED) is 0.835. The number of benzene rings is 1. The van der Waals surface area contributed by atoms with E-state index in [9.17, 15) is 9.59 Å². The van der Waals surface area contributed by atoms with Gasteiger partial charge in [-0.1, -0.05) is 12.1 Å². The molecule has 0 saturated carbocycles. The topological polar surface area (TPSA) is 76.7 Å². The van der Waals surface area contributed by atoms with Crippen LogP contribution >= 0.6 is 11.3 Å². The molecule has 3 rings (SSSR count). The minimum atomic E-state index is -0.790. The van der Waals surface area contributed by atoms with Crippen molar-refractivity contribution in [2.45, 2.75) is 18.9 Å². The van der Waals surface area contributed by atoms with Gasteiger partial charge >= 0.3 is 0 Å². The van der Waals surface area contributed by atoms with Gasteiger partial charge < -0.3 is 9.47 Å². The number of nitrogens with one attached hydrogen (secondary N) is 2. The first kappa shape index (κ1) is 15.4. The van der Waals surface area contributed by atoms with E-state index in [1.54, 1.807) is 29.5 Å². The highest BCUT2D eigenvalue weighted by molar-refractivity contribution is 7.07. The van der Waals surface area contributed by atoms with Crippen LogP contribution in [0.4, 0.5) is 0 Å². The molecule has 2 N–H and O–H groups in total. The van der Waals surface area contributed by atoms with Gasteiger partial charge in [0, 0.05) is 6.42 Å². The lowest BCUT2D eigenvalue weighted by Crippen LogP contribution is -2.50. The maximum absolute atomic E-state index is 12.0. The van der Waals surface area contributed by atoms with E-state index in [-0.39, 0.29) is 12.5 Å². The van der Waals surface area contributed by atoms with Gasteiger partial charge in [0.2, 0.25) is 12.0 Å². The second-order valence-corrected chi connectivity index (χ2v) is 5.81. The van der Waals surface area contributed by atoms with E-state index in [4.69, 9.17) is 9.47 Å². The Bertz CT molecular complexity index is 687. The Labute approximate surface area is 137 Å². The first-order valence-corrected chi connectivity index (χ1v) is 8.15. The maximum Gasteiger partial charge on any atom is 0.283 e. The van der Waals surface area contributed by atoms with Crippen LogP contribution in [-0.4, -0.2) is 24.5 Å². The summed E-state index contributed by atoms with van der Waals surface area (Å²) >= 11 is 1.59. The lowest BCUT2D eigenvalue weighted by molar-refractivity contribution is -0.135. The largest absolute Gasteiger partial charge is 0.485 e. The third kappa shape index (κ3) is 4.01. The summed E-state index contributed by atoms with van der Waals surface area (Å²) in [6.07, 6.45) is 0.158. The highest BCUT2D eigenvalue weighted by atomic mass is 32.1. The van der Waals surface area contributed by atoms with Gasteiger partial charge in [-0.25, -0.2) is 0 Å². The standard InChI is InChI=1S/C16H16N2O4S/c19-15(6-5-11-7-8-23-10-11)17-18-16(20)14-9-21-12-3-1-2-4-13(12)22-14/h1-4,7-8,10,14H,5-6,9H2,(H,17,19)(H,18,20). The summed E-state index contributed by atoms with van der Waals surface area (Å²) in [7, 11) is 0. The zero-order valence-corrected chi connectivity index (χ0v) is 13.1. The Hall–Kier alpha value is -2.54. The Kier molecular flexibility index (Phi) is 4.77. The SMILES string of the molecule is O=C(CCc1ccsc1)NNC(=O)C1COc2ccccc2O1. The molecule has 0 bridgehead atoms. The van der Waals surface area contributed by atoms with Crippen LogP contribution in [0.1, 0.15) is 12.0 Å². The van der Waals surface area contributed by atoms with Crippen LogP contribution in [0, 0.1) is 0 Å². The number of para-hydroxylation sites is 2. The zero-order valence-electron chi connectivity index (χ0n) is 12.3. The summed E-state index contributed by atoms with van der Waals surface area (Å²) in [4.78, 5) is 23.7. The number of thiophene rings is 1.